The fraction of sp³-hybridized carbons (Fsp3) is 0.909. The number of hydrazine groups is 1. The van der Waals surface area contributed by atoms with Gasteiger partial charge in [-0.05, 0) is 25.7 Å². The van der Waals surface area contributed by atoms with Crippen LogP contribution in [0.2, 0.25) is 0 Å². The molecule has 5 heteroatoms. The number of carbonyl (C=O) groups is 1. The first-order valence-corrected chi connectivity index (χ1v) is 6.32. The van der Waals surface area contributed by atoms with Crippen molar-refractivity contribution in [2.24, 2.45) is 5.84 Å². The lowest BCUT2D eigenvalue weighted by Gasteiger charge is -2.50. The Labute approximate surface area is 96.1 Å². The van der Waals surface area contributed by atoms with E-state index in [0.29, 0.717) is 12.1 Å². The molecule has 0 radical (unpaired) electrons. The summed E-state index contributed by atoms with van der Waals surface area (Å²) < 4.78 is 0. The van der Waals surface area contributed by atoms with Crippen LogP contribution in [0.3, 0.4) is 0 Å². The van der Waals surface area contributed by atoms with Crippen molar-refractivity contribution in [3.05, 3.63) is 0 Å². The minimum absolute atomic E-state index is 0.250. The van der Waals surface area contributed by atoms with Gasteiger partial charge in [-0.1, -0.05) is 0 Å². The molecule has 0 aromatic heterocycles. The number of piperazine rings is 1. The van der Waals surface area contributed by atoms with Gasteiger partial charge in [0.2, 0.25) is 0 Å². The molecule has 2 unspecified atom stereocenters. The predicted octanol–water partition coefficient (Wildman–Crippen LogP) is 0.224. The van der Waals surface area contributed by atoms with Gasteiger partial charge in [-0.2, -0.15) is 0 Å². The zero-order chi connectivity index (χ0) is 11.1. The van der Waals surface area contributed by atoms with Crippen molar-refractivity contribution in [3.63, 3.8) is 0 Å². The highest BCUT2D eigenvalue weighted by Gasteiger charge is 2.41. The molecule has 0 aromatic carbocycles. The van der Waals surface area contributed by atoms with E-state index >= 15 is 0 Å². The third-order valence-electron chi connectivity index (χ3n) is 4.19. The van der Waals surface area contributed by atoms with Gasteiger partial charge in [0.15, 0.2) is 0 Å². The van der Waals surface area contributed by atoms with Gasteiger partial charge in [-0.25, -0.2) is 9.80 Å². The molecule has 2 bridgehead atoms. The van der Waals surface area contributed by atoms with Gasteiger partial charge in [0, 0.05) is 38.3 Å². The Balaban J connectivity index is 1.69. The van der Waals surface area contributed by atoms with E-state index in [0.717, 1.165) is 51.9 Å². The highest BCUT2D eigenvalue weighted by atomic mass is 16.2. The van der Waals surface area contributed by atoms with Crippen LogP contribution in [0.1, 0.15) is 25.7 Å². The normalized spacial score (nSPS) is 34.8. The predicted molar refractivity (Wildman–Crippen MR) is 60.6 cm³/mol. The second-order valence-electron chi connectivity index (χ2n) is 5.21. The summed E-state index contributed by atoms with van der Waals surface area (Å²) in [6.45, 7) is 3.57. The van der Waals surface area contributed by atoms with E-state index < -0.39 is 0 Å². The fourth-order valence-corrected chi connectivity index (χ4v) is 3.19. The summed E-state index contributed by atoms with van der Waals surface area (Å²) in [6, 6.07) is 0.986. The third-order valence-corrected chi connectivity index (χ3v) is 4.19. The van der Waals surface area contributed by atoms with Gasteiger partial charge >= 0.3 is 6.03 Å². The molecule has 4 saturated heterocycles. The minimum atomic E-state index is 0.250. The van der Waals surface area contributed by atoms with Crippen LogP contribution in [-0.4, -0.2) is 59.1 Å². The maximum Gasteiger partial charge on any atom is 0.320 e. The summed E-state index contributed by atoms with van der Waals surface area (Å²) in [4.78, 5) is 16.3. The molecule has 4 aliphatic rings. The summed E-state index contributed by atoms with van der Waals surface area (Å²) in [5.74, 6) is 5.92. The van der Waals surface area contributed by atoms with Crippen molar-refractivity contribution in [1.29, 1.82) is 0 Å². The van der Waals surface area contributed by atoms with Crippen LogP contribution < -0.4 is 5.84 Å². The molecule has 2 atom stereocenters. The molecule has 0 aliphatic carbocycles. The number of hydrogen-bond donors (Lipinski definition) is 1. The number of rotatable bonds is 0. The van der Waals surface area contributed by atoms with Gasteiger partial charge < -0.3 is 9.80 Å². The Bertz CT molecular complexity index is 290. The maximum absolute atomic E-state index is 12.3. The van der Waals surface area contributed by atoms with E-state index in [2.05, 4.69) is 4.90 Å². The number of urea groups is 1. The minimum Gasteiger partial charge on any atom is -0.325 e. The summed E-state index contributed by atoms with van der Waals surface area (Å²) in [6.07, 6.45) is 4.59. The number of nitrogens with zero attached hydrogens (tertiary/aromatic N) is 3. The van der Waals surface area contributed by atoms with E-state index in [9.17, 15) is 4.79 Å². The molecule has 0 spiro atoms. The first-order valence-electron chi connectivity index (χ1n) is 6.32. The lowest BCUT2D eigenvalue weighted by atomic mass is 9.92. The Hall–Kier alpha value is -0.810. The van der Waals surface area contributed by atoms with Gasteiger partial charge in [-0.15, -0.1) is 0 Å². The van der Waals surface area contributed by atoms with E-state index in [4.69, 9.17) is 5.84 Å². The number of likely N-dealkylation sites (tertiary alicyclic amines) is 1. The van der Waals surface area contributed by atoms with E-state index in [1.165, 1.54) is 0 Å². The molecule has 0 saturated carbocycles. The van der Waals surface area contributed by atoms with Crippen molar-refractivity contribution in [2.75, 3.05) is 26.2 Å². The van der Waals surface area contributed by atoms with Crippen LogP contribution >= 0.6 is 0 Å². The lowest BCUT2D eigenvalue weighted by molar-refractivity contribution is -0.00600. The standard InChI is InChI=1S/C11H20N4O/c12-15-8-9-3-4-10(15)7-14(9)11(16)13-5-1-2-6-13/h9-10H,1-8,12H2. The topological polar surface area (TPSA) is 52.8 Å². The van der Waals surface area contributed by atoms with Crippen LogP contribution in [0, 0.1) is 0 Å². The molecule has 4 aliphatic heterocycles. The van der Waals surface area contributed by atoms with Crippen LogP contribution in [-0.2, 0) is 0 Å². The molecule has 4 rings (SSSR count). The third kappa shape index (κ3) is 1.58. The molecule has 0 aromatic rings. The highest BCUT2D eigenvalue weighted by Crippen LogP contribution is 2.28. The van der Waals surface area contributed by atoms with Crippen molar-refractivity contribution in [1.82, 2.24) is 14.8 Å². The average Bonchev–Trinajstić information content (AvgIpc) is 2.82. The molecular weight excluding hydrogens is 204 g/mol. The number of amides is 2. The Morgan fingerprint density at radius 2 is 1.75 bits per heavy atom. The molecule has 4 heterocycles. The van der Waals surface area contributed by atoms with E-state index in [1.807, 2.05) is 9.91 Å². The van der Waals surface area contributed by atoms with Crippen molar-refractivity contribution >= 4 is 6.03 Å². The van der Waals surface area contributed by atoms with Crippen molar-refractivity contribution < 1.29 is 4.79 Å². The van der Waals surface area contributed by atoms with Crippen LogP contribution in [0.25, 0.3) is 0 Å². The number of fused-ring (bicyclic) bond motifs is 3. The Kier molecular flexibility index (Phi) is 2.52. The molecular formula is C11H20N4O. The summed E-state index contributed by atoms with van der Waals surface area (Å²) in [7, 11) is 0. The number of nitrogens with two attached hydrogens (primary N) is 1. The van der Waals surface area contributed by atoms with Crippen LogP contribution in [0.5, 0.6) is 0 Å². The molecule has 2 amide bonds. The molecule has 90 valence electrons. The van der Waals surface area contributed by atoms with Gasteiger partial charge in [0.1, 0.15) is 0 Å². The first-order chi connectivity index (χ1) is 7.75. The van der Waals surface area contributed by atoms with E-state index in [1.54, 1.807) is 0 Å². The zero-order valence-electron chi connectivity index (χ0n) is 9.64. The maximum atomic E-state index is 12.3. The average molecular weight is 224 g/mol. The Morgan fingerprint density at radius 3 is 2.31 bits per heavy atom. The van der Waals surface area contributed by atoms with E-state index in [-0.39, 0.29) is 6.03 Å². The quantitative estimate of drug-likeness (QED) is 0.599. The van der Waals surface area contributed by atoms with Crippen molar-refractivity contribution in [3.8, 4) is 0 Å². The van der Waals surface area contributed by atoms with Crippen molar-refractivity contribution in [2.45, 2.75) is 37.8 Å². The number of piperidine rings is 2. The summed E-state index contributed by atoms with van der Waals surface area (Å²) in [5.41, 5.74) is 0. The monoisotopic (exact) mass is 224 g/mol. The second kappa shape index (κ2) is 3.89. The lowest BCUT2D eigenvalue weighted by Crippen LogP contribution is -2.67. The fourth-order valence-electron chi connectivity index (χ4n) is 3.19. The highest BCUT2D eigenvalue weighted by molar-refractivity contribution is 5.75. The molecule has 4 fully saturated rings. The van der Waals surface area contributed by atoms with Crippen LogP contribution in [0.15, 0.2) is 0 Å². The first kappa shape index (κ1) is 10.4. The van der Waals surface area contributed by atoms with Crippen LogP contribution in [0.4, 0.5) is 4.79 Å². The number of carbonyl (C=O) groups excluding carboxylic acids is 1. The smallest absolute Gasteiger partial charge is 0.320 e. The second-order valence-corrected chi connectivity index (χ2v) is 5.21. The number of hydrogen-bond acceptors (Lipinski definition) is 3. The van der Waals surface area contributed by atoms with Gasteiger partial charge in [0.05, 0.1) is 0 Å². The Morgan fingerprint density at radius 1 is 1.06 bits per heavy atom. The largest absolute Gasteiger partial charge is 0.325 e. The summed E-state index contributed by atoms with van der Waals surface area (Å²) >= 11 is 0. The van der Waals surface area contributed by atoms with Gasteiger partial charge in [0.25, 0.3) is 0 Å². The summed E-state index contributed by atoms with van der Waals surface area (Å²) in [5, 5.41) is 1.92. The molecule has 16 heavy (non-hydrogen) atoms. The zero-order valence-corrected chi connectivity index (χ0v) is 9.64. The molecule has 5 nitrogen and oxygen atoms in total. The SMILES string of the molecule is NN1CC2CCC1CN2C(=O)N1CCCC1. The van der Waals surface area contributed by atoms with Gasteiger partial charge in [-0.3, -0.25) is 5.84 Å². The molecule has 2 N–H and O–H groups in total.